The van der Waals surface area contributed by atoms with E-state index in [1.807, 2.05) is 6.92 Å². The first-order valence-corrected chi connectivity index (χ1v) is 4.14. The lowest BCUT2D eigenvalue weighted by Crippen LogP contribution is -2.48. The van der Waals surface area contributed by atoms with Crippen LogP contribution >= 0.6 is 0 Å². The summed E-state index contributed by atoms with van der Waals surface area (Å²) in [5.74, 6) is -0.729. The van der Waals surface area contributed by atoms with E-state index in [0.29, 0.717) is 13.0 Å². The van der Waals surface area contributed by atoms with Crippen LogP contribution in [0.25, 0.3) is 0 Å². The van der Waals surface area contributed by atoms with Crippen LogP contribution in [-0.4, -0.2) is 36.9 Å². The fourth-order valence-electron chi connectivity index (χ4n) is 1.47. The van der Waals surface area contributed by atoms with Crippen LogP contribution in [-0.2, 0) is 9.53 Å². The molecule has 0 amide bonds. The summed E-state index contributed by atoms with van der Waals surface area (Å²) in [7, 11) is 1.34. The number of esters is 1. The van der Waals surface area contributed by atoms with Gasteiger partial charge in [0.05, 0.1) is 19.1 Å². The molecule has 0 saturated carbocycles. The van der Waals surface area contributed by atoms with Crippen LogP contribution in [0.4, 0.5) is 0 Å². The lowest BCUT2D eigenvalue weighted by atomic mass is 9.92. The van der Waals surface area contributed by atoms with Gasteiger partial charge in [-0.25, -0.2) is 0 Å². The van der Waals surface area contributed by atoms with Crippen LogP contribution in [0, 0.1) is 5.92 Å². The Bertz CT molecular complexity index is 172. The number of carbonyl (C=O) groups is 1. The van der Waals surface area contributed by atoms with E-state index in [4.69, 9.17) is 0 Å². The molecule has 0 bridgehead atoms. The molecule has 0 aliphatic carbocycles. The van der Waals surface area contributed by atoms with E-state index in [1.165, 1.54) is 7.11 Å². The number of rotatable bonds is 1. The van der Waals surface area contributed by atoms with E-state index in [-0.39, 0.29) is 12.0 Å². The van der Waals surface area contributed by atoms with Crippen molar-refractivity contribution in [1.82, 2.24) is 5.32 Å². The van der Waals surface area contributed by atoms with E-state index in [9.17, 15) is 9.90 Å². The van der Waals surface area contributed by atoms with E-state index in [0.717, 1.165) is 0 Å². The normalized spacial score (nSPS) is 36.1. The van der Waals surface area contributed by atoms with Crippen molar-refractivity contribution in [1.29, 1.82) is 0 Å². The first-order chi connectivity index (χ1) is 5.65. The van der Waals surface area contributed by atoms with Gasteiger partial charge in [0.15, 0.2) is 0 Å². The van der Waals surface area contributed by atoms with Crippen LogP contribution < -0.4 is 5.32 Å². The largest absolute Gasteiger partial charge is 0.469 e. The smallest absolute Gasteiger partial charge is 0.312 e. The maximum Gasteiger partial charge on any atom is 0.312 e. The number of aliphatic hydroxyl groups excluding tert-OH is 1. The number of aliphatic hydroxyl groups is 1. The molecular weight excluding hydrogens is 158 g/mol. The lowest BCUT2D eigenvalue weighted by Gasteiger charge is -2.30. The fourth-order valence-corrected chi connectivity index (χ4v) is 1.47. The molecule has 1 aliphatic heterocycles. The predicted octanol–water partition coefficient (Wildman–Crippen LogP) is -0.482. The molecule has 12 heavy (non-hydrogen) atoms. The predicted molar refractivity (Wildman–Crippen MR) is 43.6 cm³/mol. The zero-order chi connectivity index (χ0) is 9.14. The van der Waals surface area contributed by atoms with E-state index in [1.54, 1.807) is 0 Å². The molecule has 4 nitrogen and oxygen atoms in total. The van der Waals surface area contributed by atoms with E-state index in [2.05, 4.69) is 10.1 Å². The number of piperidine rings is 1. The number of hydrogen-bond acceptors (Lipinski definition) is 4. The Morgan fingerprint density at radius 3 is 2.83 bits per heavy atom. The lowest BCUT2D eigenvalue weighted by molar-refractivity contribution is -0.150. The van der Waals surface area contributed by atoms with Gasteiger partial charge in [-0.1, -0.05) is 0 Å². The zero-order valence-electron chi connectivity index (χ0n) is 7.41. The summed E-state index contributed by atoms with van der Waals surface area (Å²) in [6.07, 6.45) is 0.0495. The Morgan fingerprint density at radius 1 is 1.67 bits per heavy atom. The van der Waals surface area contributed by atoms with Gasteiger partial charge < -0.3 is 15.2 Å². The molecule has 0 aromatic rings. The van der Waals surface area contributed by atoms with Crippen molar-refractivity contribution in [3.8, 4) is 0 Å². The molecule has 4 heteroatoms. The van der Waals surface area contributed by atoms with Crippen molar-refractivity contribution in [3.63, 3.8) is 0 Å². The summed E-state index contributed by atoms with van der Waals surface area (Å²) in [5.41, 5.74) is 0. The summed E-state index contributed by atoms with van der Waals surface area (Å²) in [5, 5.41) is 12.6. The van der Waals surface area contributed by atoms with Crippen molar-refractivity contribution in [2.24, 2.45) is 5.92 Å². The maximum atomic E-state index is 11.1. The molecule has 1 heterocycles. The van der Waals surface area contributed by atoms with Gasteiger partial charge in [-0.15, -0.1) is 0 Å². The van der Waals surface area contributed by atoms with Crippen LogP contribution in [0.3, 0.4) is 0 Å². The number of nitrogens with one attached hydrogen (secondary N) is 1. The van der Waals surface area contributed by atoms with Crippen LogP contribution in [0.15, 0.2) is 0 Å². The Morgan fingerprint density at radius 2 is 2.33 bits per heavy atom. The molecule has 1 rings (SSSR count). The SMILES string of the molecule is COC(=O)C1CNC(C)CC1O. The molecule has 0 aromatic heterocycles. The van der Waals surface area contributed by atoms with Gasteiger partial charge in [0, 0.05) is 12.6 Å². The number of hydrogen-bond donors (Lipinski definition) is 2. The Hall–Kier alpha value is -0.610. The Balaban J connectivity index is 2.50. The van der Waals surface area contributed by atoms with Gasteiger partial charge in [-0.05, 0) is 13.3 Å². The summed E-state index contributed by atoms with van der Waals surface area (Å²) < 4.78 is 4.56. The van der Waals surface area contributed by atoms with Crippen molar-refractivity contribution in [2.75, 3.05) is 13.7 Å². The van der Waals surface area contributed by atoms with Gasteiger partial charge in [0.1, 0.15) is 0 Å². The highest BCUT2D eigenvalue weighted by Crippen LogP contribution is 2.15. The molecule has 3 unspecified atom stereocenters. The van der Waals surface area contributed by atoms with Crippen molar-refractivity contribution >= 4 is 5.97 Å². The van der Waals surface area contributed by atoms with Crippen LogP contribution in [0.2, 0.25) is 0 Å². The third-order valence-corrected chi connectivity index (χ3v) is 2.25. The molecule has 0 radical (unpaired) electrons. The van der Waals surface area contributed by atoms with E-state index >= 15 is 0 Å². The molecule has 3 atom stereocenters. The average Bonchev–Trinajstić information content (AvgIpc) is 2.03. The zero-order valence-corrected chi connectivity index (χ0v) is 7.41. The molecule has 0 aromatic carbocycles. The Kier molecular flexibility index (Phi) is 3.05. The molecule has 1 aliphatic rings. The fraction of sp³-hybridized carbons (Fsp3) is 0.875. The second-order valence-electron chi connectivity index (χ2n) is 3.24. The first kappa shape index (κ1) is 9.48. The number of methoxy groups -OCH3 is 1. The van der Waals surface area contributed by atoms with Gasteiger partial charge >= 0.3 is 5.97 Å². The summed E-state index contributed by atoms with van der Waals surface area (Å²) >= 11 is 0. The minimum atomic E-state index is -0.561. The topological polar surface area (TPSA) is 58.6 Å². The summed E-state index contributed by atoms with van der Waals surface area (Å²) in [6.45, 7) is 2.49. The van der Waals surface area contributed by atoms with Gasteiger partial charge in [-0.3, -0.25) is 4.79 Å². The second-order valence-corrected chi connectivity index (χ2v) is 3.24. The highest BCUT2D eigenvalue weighted by molar-refractivity contribution is 5.73. The summed E-state index contributed by atoms with van der Waals surface area (Å²) in [6, 6.07) is 0.279. The Labute approximate surface area is 71.9 Å². The minimum Gasteiger partial charge on any atom is -0.469 e. The van der Waals surface area contributed by atoms with Crippen LogP contribution in [0.1, 0.15) is 13.3 Å². The minimum absolute atomic E-state index is 0.279. The standard InChI is InChI=1S/C8H15NO3/c1-5-3-7(10)6(4-9-5)8(11)12-2/h5-7,9-10H,3-4H2,1-2H3. The van der Waals surface area contributed by atoms with Crippen molar-refractivity contribution < 1.29 is 14.6 Å². The van der Waals surface area contributed by atoms with Gasteiger partial charge in [0.25, 0.3) is 0 Å². The van der Waals surface area contributed by atoms with Crippen molar-refractivity contribution in [2.45, 2.75) is 25.5 Å². The highest BCUT2D eigenvalue weighted by Gasteiger charge is 2.32. The monoisotopic (exact) mass is 173 g/mol. The molecule has 2 N–H and O–H groups in total. The average molecular weight is 173 g/mol. The molecule has 0 spiro atoms. The van der Waals surface area contributed by atoms with Crippen LogP contribution in [0.5, 0.6) is 0 Å². The number of ether oxygens (including phenoxy) is 1. The summed E-state index contributed by atoms with van der Waals surface area (Å²) in [4.78, 5) is 11.1. The maximum absolute atomic E-state index is 11.1. The van der Waals surface area contributed by atoms with Gasteiger partial charge in [0.2, 0.25) is 0 Å². The van der Waals surface area contributed by atoms with E-state index < -0.39 is 12.0 Å². The molecule has 70 valence electrons. The third-order valence-electron chi connectivity index (χ3n) is 2.25. The first-order valence-electron chi connectivity index (χ1n) is 4.14. The van der Waals surface area contributed by atoms with Crippen molar-refractivity contribution in [3.05, 3.63) is 0 Å². The quantitative estimate of drug-likeness (QED) is 0.526. The molecule has 1 fully saturated rings. The highest BCUT2D eigenvalue weighted by atomic mass is 16.5. The second kappa shape index (κ2) is 3.87. The third kappa shape index (κ3) is 1.95. The molecular formula is C8H15NO3. The molecule has 1 saturated heterocycles. The number of carbonyl (C=O) groups excluding carboxylic acids is 1. The van der Waals surface area contributed by atoms with Gasteiger partial charge in [-0.2, -0.15) is 0 Å².